The van der Waals surface area contributed by atoms with Crippen molar-refractivity contribution >= 4 is 12.0 Å². The van der Waals surface area contributed by atoms with Gasteiger partial charge in [0.25, 0.3) is 5.91 Å². The van der Waals surface area contributed by atoms with Crippen LogP contribution in [0.15, 0.2) is 18.2 Å². The fraction of sp³-hybridized carbons (Fsp3) is 0.385. The van der Waals surface area contributed by atoms with Gasteiger partial charge in [0.05, 0.1) is 6.54 Å². The number of amides is 2. The van der Waals surface area contributed by atoms with E-state index in [1.807, 2.05) is 18.2 Å². The summed E-state index contributed by atoms with van der Waals surface area (Å²) in [5.41, 5.74) is 7.78. The van der Waals surface area contributed by atoms with Crippen LogP contribution in [0.1, 0.15) is 21.5 Å². The van der Waals surface area contributed by atoms with E-state index in [1.54, 1.807) is 0 Å². The van der Waals surface area contributed by atoms with Crippen LogP contribution in [0.3, 0.4) is 0 Å². The lowest BCUT2D eigenvalue weighted by atomic mass is 9.95. The quantitative estimate of drug-likeness (QED) is 0.674. The summed E-state index contributed by atoms with van der Waals surface area (Å²) in [6.07, 6.45) is 0.00823. The predicted molar refractivity (Wildman–Crippen MR) is 69.7 cm³/mol. The van der Waals surface area contributed by atoms with E-state index >= 15 is 0 Å². The van der Waals surface area contributed by atoms with Gasteiger partial charge >= 0.3 is 6.09 Å². The molecule has 4 N–H and O–H groups in total. The van der Waals surface area contributed by atoms with Gasteiger partial charge in [-0.25, -0.2) is 4.79 Å². The molecule has 0 atom stereocenters. The van der Waals surface area contributed by atoms with Crippen LogP contribution in [-0.4, -0.2) is 31.7 Å². The topological polar surface area (TPSA) is 93.5 Å². The molecule has 0 unspecified atom stereocenters. The number of carbonyl (C=O) groups excluding carboxylic acids is 2. The number of hydrogen-bond donors (Lipinski definition) is 3. The number of hydrogen-bond acceptors (Lipinski definition) is 4. The zero-order chi connectivity index (χ0) is 13.7. The Hall–Kier alpha value is -2.08. The van der Waals surface area contributed by atoms with E-state index in [1.165, 1.54) is 0 Å². The van der Waals surface area contributed by atoms with Crippen LogP contribution in [0.2, 0.25) is 0 Å². The van der Waals surface area contributed by atoms with Gasteiger partial charge in [0.1, 0.15) is 6.61 Å². The Bertz CT molecular complexity index is 488. The minimum atomic E-state index is -0.836. The van der Waals surface area contributed by atoms with Gasteiger partial charge in [0.15, 0.2) is 0 Å². The molecular weight excluding hydrogens is 246 g/mol. The molecule has 1 aromatic rings. The second kappa shape index (κ2) is 6.19. The number of fused-ring (bicyclic) bond motifs is 1. The highest BCUT2D eigenvalue weighted by atomic mass is 16.5. The number of rotatable bonds is 4. The van der Waals surface area contributed by atoms with Crippen LogP contribution in [0, 0.1) is 0 Å². The van der Waals surface area contributed by atoms with Crippen molar-refractivity contribution in [2.45, 2.75) is 13.0 Å². The smallest absolute Gasteiger partial charge is 0.404 e. The molecule has 0 saturated carbocycles. The molecule has 0 aromatic heterocycles. The molecule has 1 aromatic carbocycles. The number of benzene rings is 1. The molecule has 6 heteroatoms. The highest BCUT2D eigenvalue weighted by Crippen LogP contribution is 2.18. The third kappa shape index (κ3) is 3.45. The summed E-state index contributed by atoms with van der Waals surface area (Å²) in [6.45, 7) is 2.00. The molecule has 19 heavy (non-hydrogen) atoms. The summed E-state index contributed by atoms with van der Waals surface area (Å²) >= 11 is 0. The average Bonchev–Trinajstić information content (AvgIpc) is 2.42. The van der Waals surface area contributed by atoms with Crippen LogP contribution in [-0.2, 0) is 17.7 Å². The predicted octanol–water partition coefficient (Wildman–Crippen LogP) is 0.157. The molecule has 0 spiro atoms. The fourth-order valence-electron chi connectivity index (χ4n) is 2.16. The molecule has 102 valence electrons. The highest BCUT2D eigenvalue weighted by Gasteiger charge is 2.16. The molecule has 0 radical (unpaired) electrons. The summed E-state index contributed by atoms with van der Waals surface area (Å²) in [5.74, 6) is -0.146. The van der Waals surface area contributed by atoms with Crippen LogP contribution in [0.5, 0.6) is 0 Å². The molecule has 2 rings (SSSR count). The summed E-state index contributed by atoms with van der Waals surface area (Å²) < 4.78 is 4.55. The first-order valence-electron chi connectivity index (χ1n) is 6.20. The lowest BCUT2D eigenvalue weighted by Crippen LogP contribution is -2.32. The van der Waals surface area contributed by atoms with Crippen LogP contribution in [0.25, 0.3) is 0 Å². The SMILES string of the molecule is NC(=O)OCCNC(=O)c1cccc2c1CCNC2. The number of primary amides is 1. The first-order chi connectivity index (χ1) is 9.18. The third-order valence-electron chi connectivity index (χ3n) is 3.02. The van der Waals surface area contributed by atoms with E-state index in [2.05, 4.69) is 15.4 Å². The van der Waals surface area contributed by atoms with E-state index in [0.29, 0.717) is 5.56 Å². The zero-order valence-electron chi connectivity index (χ0n) is 10.6. The third-order valence-corrected chi connectivity index (χ3v) is 3.02. The second-order valence-corrected chi connectivity index (χ2v) is 4.29. The maximum atomic E-state index is 12.1. The maximum absolute atomic E-state index is 12.1. The lowest BCUT2D eigenvalue weighted by Gasteiger charge is -2.19. The normalized spacial score (nSPS) is 13.5. The Morgan fingerprint density at radius 3 is 3.05 bits per heavy atom. The Kier molecular flexibility index (Phi) is 4.35. The Labute approximate surface area is 111 Å². The Morgan fingerprint density at radius 2 is 2.26 bits per heavy atom. The summed E-state index contributed by atoms with van der Waals surface area (Å²) in [6, 6.07) is 5.71. The molecule has 0 aliphatic carbocycles. The van der Waals surface area contributed by atoms with E-state index < -0.39 is 6.09 Å². The maximum Gasteiger partial charge on any atom is 0.404 e. The van der Waals surface area contributed by atoms with E-state index in [4.69, 9.17) is 5.73 Å². The van der Waals surface area contributed by atoms with E-state index in [0.717, 1.165) is 30.6 Å². The van der Waals surface area contributed by atoms with Crippen molar-refractivity contribution in [1.82, 2.24) is 10.6 Å². The van der Waals surface area contributed by atoms with E-state index in [-0.39, 0.29) is 19.1 Å². The summed E-state index contributed by atoms with van der Waals surface area (Å²) in [4.78, 5) is 22.4. The van der Waals surface area contributed by atoms with Gasteiger partial charge in [0.2, 0.25) is 0 Å². The van der Waals surface area contributed by atoms with Crippen LogP contribution >= 0.6 is 0 Å². The number of ether oxygens (including phenoxy) is 1. The standard InChI is InChI=1S/C13H17N3O3/c14-13(18)19-7-6-16-12(17)11-3-1-2-9-8-15-5-4-10(9)11/h1-3,15H,4-8H2,(H2,14,18)(H,16,17). The molecule has 1 heterocycles. The lowest BCUT2D eigenvalue weighted by molar-refractivity contribution is 0.0935. The van der Waals surface area contributed by atoms with Crippen molar-refractivity contribution in [3.05, 3.63) is 34.9 Å². The van der Waals surface area contributed by atoms with Crippen molar-refractivity contribution in [2.24, 2.45) is 5.73 Å². The summed E-state index contributed by atoms with van der Waals surface area (Å²) in [5, 5.41) is 5.98. The van der Waals surface area contributed by atoms with E-state index in [9.17, 15) is 9.59 Å². The summed E-state index contributed by atoms with van der Waals surface area (Å²) in [7, 11) is 0. The number of carbonyl (C=O) groups is 2. The number of nitrogens with two attached hydrogens (primary N) is 1. The molecule has 0 saturated heterocycles. The van der Waals surface area contributed by atoms with Gasteiger partial charge in [-0.3, -0.25) is 4.79 Å². The molecule has 1 aliphatic heterocycles. The minimum Gasteiger partial charge on any atom is -0.448 e. The van der Waals surface area contributed by atoms with Gasteiger partial charge in [-0.1, -0.05) is 12.1 Å². The molecule has 6 nitrogen and oxygen atoms in total. The Morgan fingerprint density at radius 1 is 1.42 bits per heavy atom. The monoisotopic (exact) mass is 263 g/mol. The van der Waals surface area contributed by atoms with Crippen molar-refractivity contribution in [3.8, 4) is 0 Å². The molecule has 1 aliphatic rings. The van der Waals surface area contributed by atoms with Gasteiger partial charge in [-0.15, -0.1) is 0 Å². The molecule has 2 amide bonds. The van der Waals surface area contributed by atoms with Gasteiger partial charge in [-0.2, -0.15) is 0 Å². The van der Waals surface area contributed by atoms with Crippen molar-refractivity contribution in [2.75, 3.05) is 19.7 Å². The van der Waals surface area contributed by atoms with Gasteiger partial charge in [-0.05, 0) is 30.2 Å². The fourth-order valence-corrected chi connectivity index (χ4v) is 2.16. The van der Waals surface area contributed by atoms with Gasteiger partial charge in [0, 0.05) is 12.1 Å². The van der Waals surface area contributed by atoms with Gasteiger partial charge < -0.3 is 21.1 Å². The first-order valence-corrected chi connectivity index (χ1v) is 6.20. The zero-order valence-corrected chi connectivity index (χ0v) is 10.6. The molecular formula is C13H17N3O3. The average molecular weight is 263 g/mol. The van der Waals surface area contributed by atoms with Crippen LogP contribution < -0.4 is 16.4 Å². The van der Waals surface area contributed by atoms with Crippen molar-refractivity contribution in [1.29, 1.82) is 0 Å². The molecule has 0 bridgehead atoms. The largest absolute Gasteiger partial charge is 0.448 e. The van der Waals surface area contributed by atoms with Crippen molar-refractivity contribution < 1.29 is 14.3 Å². The first kappa shape index (κ1) is 13.4. The second-order valence-electron chi connectivity index (χ2n) is 4.29. The van der Waals surface area contributed by atoms with Crippen molar-refractivity contribution in [3.63, 3.8) is 0 Å². The molecule has 0 fully saturated rings. The Balaban J connectivity index is 1.97. The van der Waals surface area contributed by atoms with Crippen LogP contribution in [0.4, 0.5) is 4.79 Å². The minimum absolute atomic E-state index is 0.0810. The highest BCUT2D eigenvalue weighted by molar-refractivity contribution is 5.96. The number of nitrogens with one attached hydrogen (secondary N) is 2.